The Balaban J connectivity index is 2.27. The highest BCUT2D eigenvalue weighted by Crippen LogP contribution is 2.25. The van der Waals surface area contributed by atoms with Gasteiger partial charge in [-0.25, -0.2) is 4.79 Å². The van der Waals surface area contributed by atoms with E-state index < -0.39 is 5.97 Å². The first-order chi connectivity index (χ1) is 10.1. The number of hydrogen-bond donors (Lipinski definition) is 0. The molecule has 0 fully saturated rings. The fourth-order valence-corrected chi connectivity index (χ4v) is 2.08. The third-order valence-electron chi connectivity index (χ3n) is 2.93. The molecule has 0 aromatic heterocycles. The zero-order valence-corrected chi connectivity index (χ0v) is 12.4. The summed E-state index contributed by atoms with van der Waals surface area (Å²) in [6.45, 7) is 1.91. The molecule has 108 valence electrons. The third-order valence-corrected chi connectivity index (χ3v) is 3.17. The van der Waals surface area contributed by atoms with Gasteiger partial charge in [0, 0.05) is 11.4 Å². The fourth-order valence-electron chi connectivity index (χ4n) is 1.90. The Labute approximate surface area is 128 Å². The van der Waals surface area contributed by atoms with Gasteiger partial charge in [0.05, 0.1) is 11.1 Å². The minimum Gasteiger partial charge on any atom is -0.422 e. The van der Waals surface area contributed by atoms with E-state index >= 15 is 0 Å². The summed E-state index contributed by atoms with van der Waals surface area (Å²) >= 11 is 5.92. The maximum Gasteiger partial charge on any atom is 0.343 e. The van der Waals surface area contributed by atoms with Crippen molar-refractivity contribution in [1.82, 2.24) is 0 Å². The highest BCUT2D eigenvalue weighted by Gasteiger charge is 2.16. The fraction of sp³-hybridized carbons (Fsp3) is 0.176. The molecule has 0 aliphatic heterocycles. The minimum absolute atomic E-state index is 0.0872. The largest absolute Gasteiger partial charge is 0.422 e. The van der Waals surface area contributed by atoms with Gasteiger partial charge >= 0.3 is 5.97 Å². The average molecular weight is 303 g/mol. The van der Waals surface area contributed by atoms with Crippen molar-refractivity contribution in [2.24, 2.45) is 0 Å². The number of carbonyl (C=O) groups excluding carboxylic acids is 2. The van der Waals surface area contributed by atoms with Gasteiger partial charge in [0.25, 0.3) is 0 Å². The van der Waals surface area contributed by atoms with Crippen molar-refractivity contribution in [2.75, 3.05) is 0 Å². The average Bonchev–Trinajstić information content (AvgIpc) is 2.50. The number of halogens is 1. The predicted molar refractivity (Wildman–Crippen MR) is 82.1 cm³/mol. The summed E-state index contributed by atoms with van der Waals surface area (Å²) < 4.78 is 5.34. The Morgan fingerprint density at radius 2 is 1.81 bits per heavy atom. The number of ketones is 1. The lowest BCUT2D eigenvalue weighted by atomic mass is 10.1. The molecule has 2 aromatic carbocycles. The molecule has 0 bridgehead atoms. The Hall–Kier alpha value is -2.13. The van der Waals surface area contributed by atoms with Crippen LogP contribution in [0.3, 0.4) is 0 Å². The molecule has 0 radical (unpaired) electrons. The van der Waals surface area contributed by atoms with Crippen molar-refractivity contribution in [3.8, 4) is 5.75 Å². The highest BCUT2D eigenvalue weighted by molar-refractivity contribution is 6.31. The van der Waals surface area contributed by atoms with Crippen LogP contribution in [-0.2, 0) is 0 Å². The molecule has 0 saturated heterocycles. The first kappa shape index (κ1) is 15.3. The van der Waals surface area contributed by atoms with Crippen LogP contribution in [0.25, 0.3) is 0 Å². The van der Waals surface area contributed by atoms with Crippen LogP contribution in [0.4, 0.5) is 0 Å². The van der Waals surface area contributed by atoms with Crippen molar-refractivity contribution >= 4 is 23.4 Å². The normalized spacial score (nSPS) is 10.2. The molecule has 21 heavy (non-hydrogen) atoms. The highest BCUT2D eigenvalue weighted by atomic mass is 35.5. The first-order valence-electron chi connectivity index (χ1n) is 6.71. The van der Waals surface area contributed by atoms with Crippen molar-refractivity contribution in [3.63, 3.8) is 0 Å². The summed E-state index contributed by atoms with van der Waals surface area (Å²) in [4.78, 5) is 24.2. The van der Waals surface area contributed by atoms with E-state index in [0.717, 1.165) is 6.42 Å². The van der Waals surface area contributed by atoms with Gasteiger partial charge in [-0.2, -0.15) is 0 Å². The summed E-state index contributed by atoms with van der Waals surface area (Å²) in [5.74, 6) is -0.342. The number of hydrogen-bond acceptors (Lipinski definition) is 3. The second-order valence-electron chi connectivity index (χ2n) is 4.57. The molecule has 0 spiro atoms. The number of rotatable bonds is 5. The molecule has 3 nitrogen and oxygen atoms in total. The summed E-state index contributed by atoms with van der Waals surface area (Å²) in [6.07, 6.45) is 1.10. The molecule has 2 rings (SSSR count). The molecule has 0 amide bonds. The summed E-state index contributed by atoms with van der Waals surface area (Å²) in [5, 5.41) is 0.439. The second kappa shape index (κ2) is 7.04. The SMILES string of the molecule is CCCC(=O)c1cc(Cl)ccc1OC(=O)c1ccccc1. The standard InChI is InChI=1S/C17H15ClO3/c1-2-6-15(19)14-11-13(18)9-10-16(14)21-17(20)12-7-4-3-5-8-12/h3-5,7-11H,2,6H2,1H3. The Morgan fingerprint density at radius 1 is 1.10 bits per heavy atom. The second-order valence-corrected chi connectivity index (χ2v) is 5.01. The molecule has 0 unspecified atom stereocenters. The monoisotopic (exact) mass is 302 g/mol. The third kappa shape index (κ3) is 3.92. The van der Waals surface area contributed by atoms with Crippen LogP contribution in [-0.4, -0.2) is 11.8 Å². The van der Waals surface area contributed by atoms with Crippen LogP contribution < -0.4 is 4.74 Å². The zero-order valence-electron chi connectivity index (χ0n) is 11.6. The molecular formula is C17H15ClO3. The Bertz CT molecular complexity index is 650. The van der Waals surface area contributed by atoms with Gasteiger partial charge in [-0.15, -0.1) is 0 Å². The molecule has 0 aliphatic carbocycles. The lowest BCUT2D eigenvalue weighted by Gasteiger charge is -2.09. The topological polar surface area (TPSA) is 43.4 Å². The van der Waals surface area contributed by atoms with Crippen molar-refractivity contribution in [2.45, 2.75) is 19.8 Å². The lowest BCUT2D eigenvalue weighted by molar-refractivity contribution is 0.0732. The van der Waals surface area contributed by atoms with Crippen LogP contribution in [0.5, 0.6) is 5.75 Å². The van der Waals surface area contributed by atoms with E-state index in [4.69, 9.17) is 16.3 Å². The van der Waals surface area contributed by atoms with E-state index in [1.807, 2.05) is 13.0 Å². The smallest absolute Gasteiger partial charge is 0.343 e. The molecule has 0 saturated carbocycles. The van der Waals surface area contributed by atoms with E-state index in [1.54, 1.807) is 36.4 Å². The van der Waals surface area contributed by atoms with E-state index in [9.17, 15) is 9.59 Å². The van der Waals surface area contributed by atoms with Gasteiger partial charge in [-0.3, -0.25) is 4.79 Å². The van der Waals surface area contributed by atoms with E-state index in [-0.39, 0.29) is 11.5 Å². The van der Waals surface area contributed by atoms with E-state index in [2.05, 4.69) is 0 Å². The molecular weight excluding hydrogens is 288 g/mol. The number of carbonyl (C=O) groups is 2. The maximum absolute atomic E-state index is 12.1. The van der Waals surface area contributed by atoms with E-state index in [0.29, 0.717) is 22.6 Å². The van der Waals surface area contributed by atoms with Gasteiger partial charge in [-0.05, 0) is 36.8 Å². The van der Waals surface area contributed by atoms with Crippen LogP contribution >= 0.6 is 11.6 Å². The zero-order chi connectivity index (χ0) is 15.2. The minimum atomic E-state index is -0.497. The number of ether oxygens (including phenoxy) is 1. The van der Waals surface area contributed by atoms with Crippen LogP contribution in [0, 0.1) is 0 Å². The molecule has 0 atom stereocenters. The Kier molecular flexibility index (Phi) is 5.12. The van der Waals surface area contributed by atoms with Gasteiger partial charge in [0.15, 0.2) is 5.78 Å². The van der Waals surface area contributed by atoms with Crippen molar-refractivity contribution < 1.29 is 14.3 Å². The summed E-state index contributed by atoms with van der Waals surface area (Å²) in [6, 6.07) is 13.3. The molecule has 0 heterocycles. The number of benzene rings is 2. The number of esters is 1. The van der Waals surface area contributed by atoms with Gasteiger partial charge < -0.3 is 4.74 Å². The van der Waals surface area contributed by atoms with Crippen LogP contribution in [0.1, 0.15) is 40.5 Å². The molecule has 0 N–H and O–H groups in total. The molecule has 0 aliphatic rings. The van der Waals surface area contributed by atoms with Gasteiger partial charge in [0.1, 0.15) is 5.75 Å². The van der Waals surface area contributed by atoms with Crippen LogP contribution in [0.15, 0.2) is 48.5 Å². The number of Topliss-reactive ketones (excluding diaryl/α,β-unsaturated/α-hetero) is 1. The predicted octanol–water partition coefficient (Wildman–Crippen LogP) is 4.54. The quantitative estimate of drug-likeness (QED) is 0.462. The maximum atomic E-state index is 12.1. The molecule has 2 aromatic rings. The summed E-state index contributed by atoms with van der Waals surface area (Å²) in [7, 11) is 0. The van der Waals surface area contributed by atoms with Gasteiger partial charge in [-0.1, -0.05) is 36.7 Å². The van der Waals surface area contributed by atoms with Crippen molar-refractivity contribution in [1.29, 1.82) is 0 Å². The van der Waals surface area contributed by atoms with Gasteiger partial charge in [0.2, 0.25) is 0 Å². The molecule has 4 heteroatoms. The van der Waals surface area contributed by atoms with Crippen molar-refractivity contribution in [3.05, 3.63) is 64.7 Å². The van der Waals surface area contributed by atoms with Crippen LogP contribution in [0.2, 0.25) is 5.02 Å². The Morgan fingerprint density at radius 3 is 2.48 bits per heavy atom. The summed E-state index contributed by atoms with van der Waals surface area (Å²) in [5.41, 5.74) is 0.773. The first-order valence-corrected chi connectivity index (χ1v) is 7.09. The lowest BCUT2D eigenvalue weighted by Crippen LogP contribution is -2.11. The van der Waals surface area contributed by atoms with E-state index in [1.165, 1.54) is 6.07 Å².